The molecule has 0 fully saturated rings. The Kier molecular flexibility index (Phi) is 7.02. The molecule has 0 saturated carbocycles. The number of anilines is 1. The van der Waals surface area contributed by atoms with Crippen molar-refractivity contribution in [3.63, 3.8) is 0 Å². The van der Waals surface area contributed by atoms with Crippen LogP contribution in [-0.4, -0.2) is 6.54 Å². The van der Waals surface area contributed by atoms with Crippen molar-refractivity contribution in [2.75, 3.05) is 11.9 Å². The SMILES string of the molecule is CCCCCCCCNc1cc(Cl)ccc1F. The second kappa shape index (κ2) is 8.35. The van der Waals surface area contributed by atoms with Crippen LogP contribution in [0.2, 0.25) is 5.02 Å². The molecule has 1 aromatic rings. The van der Waals surface area contributed by atoms with Gasteiger partial charge in [-0.05, 0) is 24.6 Å². The summed E-state index contributed by atoms with van der Waals surface area (Å²) in [5, 5.41) is 3.65. The van der Waals surface area contributed by atoms with Crippen LogP contribution in [-0.2, 0) is 0 Å². The number of benzene rings is 1. The molecule has 0 unspecified atom stereocenters. The highest BCUT2D eigenvalue weighted by Gasteiger charge is 2.01. The quantitative estimate of drug-likeness (QED) is 0.627. The highest BCUT2D eigenvalue weighted by molar-refractivity contribution is 6.30. The summed E-state index contributed by atoms with van der Waals surface area (Å²) in [6, 6.07) is 4.59. The summed E-state index contributed by atoms with van der Waals surface area (Å²) >= 11 is 5.81. The molecule has 0 atom stereocenters. The molecule has 3 heteroatoms. The first kappa shape index (κ1) is 14.3. The fourth-order valence-corrected chi connectivity index (χ4v) is 1.93. The Morgan fingerprint density at radius 3 is 2.59 bits per heavy atom. The van der Waals surface area contributed by atoms with Crippen molar-refractivity contribution in [2.45, 2.75) is 45.4 Å². The van der Waals surface area contributed by atoms with Crippen molar-refractivity contribution in [1.29, 1.82) is 0 Å². The van der Waals surface area contributed by atoms with E-state index in [4.69, 9.17) is 11.6 Å². The molecule has 0 spiro atoms. The van der Waals surface area contributed by atoms with Crippen molar-refractivity contribution in [3.8, 4) is 0 Å². The lowest BCUT2D eigenvalue weighted by Crippen LogP contribution is -2.03. The molecule has 17 heavy (non-hydrogen) atoms. The van der Waals surface area contributed by atoms with Gasteiger partial charge in [-0.3, -0.25) is 0 Å². The van der Waals surface area contributed by atoms with Crippen LogP contribution < -0.4 is 5.32 Å². The number of nitrogens with one attached hydrogen (secondary N) is 1. The summed E-state index contributed by atoms with van der Waals surface area (Å²) in [6.07, 6.45) is 7.45. The minimum atomic E-state index is -0.236. The molecule has 0 aliphatic rings. The molecule has 0 saturated heterocycles. The summed E-state index contributed by atoms with van der Waals surface area (Å²) in [7, 11) is 0. The number of unbranched alkanes of at least 4 members (excludes halogenated alkanes) is 5. The van der Waals surface area contributed by atoms with Crippen LogP contribution in [0.25, 0.3) is 0 Å². The molecule has 0 aromatic heterocycles. The summed E-state index contributed by atoms with van der Waals surface area (Å²) in [5.41, 5.74) is 0.506. The van der Waals surface area contributed by atoms with Gasteiger partial charge in [-0.15, -0.1) is 0 Å². The van der Waals surface area contributed by atoms with E-state index >= 15 is 0 Å². The first-order valence-electron chi connectivity index (χ1n) is 6.43. The van der Waals surface area contributed by atoms with E-state index in [-0.39, 0.29) is 5.82 Å². The van der Waals surface area contributed by atoms with E-state index in [1.807, 2.05) is 0 Å². The second-order valence-corrected chi connectivity index (χ2v) is 4.76. The van der Waals surface area contributed by atoms with E-state index in [0.717, 1.165) is 13.0 Å². The minimum absolute atomic E-state index is 0.236. The molecule has 0 radical (unpaired) electrons. The Labute approximate surface area is 108 Å². The molecule has 96 valence electrons. The van der Waals surface area contributed by atoms with Crippen LogP contribution in [0.4, 0.5) is 10.1 Å². The van der Waals surface area contributed by atoms with Gasteiger partial charge < -0.3 is 5.32 Å². The third-order valence-corrected chi connectivity index (χ3v) is 3.01. The van der Waals surface area contributed by atoms with Gasteiger partial charge in [-0.25, -0.2) is 4.39 Å². The maximum Gasteiger partial charge on any atom is 0.146 e. The summed E-state index contributed by atoms with van der Waals surface area (Å²) in [5.74, 6) is -0.236. The first-order valence-corrected chi connectivity index (χ1v) is 6.80. The zero-order valence-corrected chi connectivity index (χ0v) is 11.2. The predicted molar refractivity (Wildman–Crippen MR) is 73.3 cm³/mol. The Balaban J connectivity index is 2.15. The summed E-state index contributed by atoms with van der Waals surface area (Å²) in [4.78, 5) is 0. The smallest absolute Gasteiger partial charge is 0.146 e. The summed E-state index contributed by atoms with van der Waals surface area (Å²) in [6.45, 7) is 3.02. The lowest BCUT2D eigenvalue weighted by molar-refractivity contribution is 0.611. The maximum absolute atomic E-state index is 13.3. The molecule has 0 bridgehead atoms. The number of halogens is 2. The largest absolute Gasteiger partial charge is 0.383 e. The molecule has 0 aliphatic carbocycles. The van der Waals surface area contributed by atoms with Crippen LogP contribution in [0.3, 0.4) is 0 Å². The Bertz CT molecular complexity index is 328. The van der Waals surface area contributed by atoms with Crippen LogP contribution in [0, 0.1) is 5.82 Å². The van der Waals surface area contributed by atoms with Gasteiger partial charge in [-0.1, -0.05) is 50.6 Å². The molecule has 1 aromatic carbocycles. The molecule has 1 N–H and O–H groups in total. The van der Waals surface area contributed by atoms with Crippen molar-refractivity contribution in [1.82, 2.24) is 0 Å². The first-order chi connectivity index (χ1) is 8.24. The molecule has 1 rings (SSSR count). The monoisotopic (exact) mass is 257 g/mol. The molecule has 1 nitrogen and oxygen atoms in total. The zero-order chi connectivity index (χ0) is 12.5. The Hall–Kier alpha value is -0.760. The van der Waals surface area contributed by atoms with E-state index in [2.05, 4.69) is 12.2 Å². The minimum Gasteiger partial charge on any atom is -0.383 e. The van der Waals surface area contributed by atoms with E-state index in [1.54, 1.807) is 12.1 Å². The zero-order valence-electron chi connectivity index (χ0n) is 10.4. The van der Waals surface area contributed by atoms with E-state index < -0.39 is 0 Å². The molecule has 0 amide bonds. The van der Waals surface area contributed by atoms with E-state index in [9.17, 15) is 4.39 Å². The van der Waals surface area contributed by atoms with Crippen LogP contribution in [0.5, 0.6) is 0 Å². The van der Waals surface area contributed by atoms with Gasteiger partial charge in [0.05, 0.1) is 5.69 Å². The average molecular weight is 258 g/mol. The maximum atomic E-state index is 13.3. The summed E-state index contributed by atoms with van der Waals surface area (Å²) < 4.78 is 13.3. The molecule has 0 aliphatic heterocycles. The topological polar surface area (TPSA) is 12.0 Å². The normalized spacial score (nSPS) is 10.5. The van der Waals surface area contributed by atoms with E-state index in [0.29, 0.717) is 10.7 Å². The second-order valence-electron chi connectivity index (χ2n) is 4.32. The average Bonchev–Trinajstić information content (AvgIpc) is 2.32. The van der Waals surface area contributed by atoms with Crippen molar-refractivity contribution < 1.29 is 4.39 Å². The lowest BCUT2D eigenvalue weighted by Gasteiger charge is -2.07. The third-order valence-electron chi connectivity index (χ3n) is 2.77. The fourth-order valence-electron chi connectivity index (χ4n) is 1.76. The molecule has 0 heterocycles. The van der Waals surface area contributed by atoms with Crippen LogP contribution >= 0.6 is 11.6 Å². The number of hydrogen-bond donors (Lipinski definition) is 1. The van der Waals surface area contributed by atoms with Gasteiger partial charge in [0.25, 0.3) is 0 Å². The van der Waals surface area contributed by atoms with Crippen molar-refractivity contribution in [2.24, 2.45) is 0 Å². The van der Waals surface area contributed by atoms with Gasteiger partial charge in [0, 0.05) is 11.6 Å². The highest BCUT2D eigenvalue weighted by atomic mass is 35.5. The van der Waals surface area contributed by atoms with Gasteiger partial charge in [-0.2, -0.15) is 0 Å². The van der Waals surface area contributed by atoms with Gasteiger partial charge in [0.2, 0.25) is 0 Å². The number of hydrogen-bond acceptors (Lipinski definition) is 1. The van der Waals surface area contributed by atoms with Gasteiger partial charge >= 0.3 is 0 Å². The lowest BCUT2D eigenvalue weighted by atomic mass is 10.1. The van der Waals surface area contributed by atoms with Crippen LogP contribution in [0.15, 0.2) is 18.2 Å². The van der Waals surface area contributed by atoms with E-state index in [1.165, 1.54) is 38.2 Å². The predicted octanol–water partition coefficient (Wildman–Crippen LogP) is 5.25. The fraction of sp³-hybridized carbons (Fsp3) is 0.571. The van der Waals surface area contributed by atoms with Gasteiger partial charge in [0.1, 0.15) is 5.82 Å². The van der Waals surface area contributed by atoms with Crippen molar-refractivity contribution in [3.05, 3.63) is 29.0 Å². The highest BCUT2D eigenvalue weighted by Crippen LogP contribution is 2.19. The Morgan fingerprint density at radius 1 is 1.12 bits per heavy atom. The standard InChI is InChI=1S/C14H21ClFN/c1-2-3-4-5-6-7-10-17-14-11-12(15)8-9-13(14)16/h8-9,11,17H,2-7,10H2,1H3. The van der Waals surface area contributed by atoms with Crippen LogP contribution in [0.1, 0.15) is 45.4 Å². The van der Waals surface area contributed by atoms with Gasteiger partial charge in [0.15, 0.2) is 0 Å². The van der Waals surface area contributed by atoms with Crippen molar-refractivity contribution >= 4 is 17.3 Å². The number of rotatable bonds is 8. The Morgan fingerprint density at radius 2 is 1.82 bits per heavy atom. The third kappa shape index (κ3) is 5.92. The molecular weight excluding hydrogens is 237 g/mol. The molecular formula is C14H21ClFN.